The predicted octanol–water partition coefficient (Wildman–Crippen LogP) is 4.85. The third kappa shape index (κ3) is 3.99. The number of aryl methyl sites for hydroxylation is 3. The van der Waals surface area contributed by atoms with Gasteiger partial charge in [0.15, 0.2) is 29.1 Å². The number of benzene rings is 2. The first kappa shape index (κ1) is 23.7. The van der Waals surface area contributed by atoms with Crippen molar-refractivity contribution < 1.29 is 22.4 Å². The monoisotopic (exact) mass is 472 g/mol. The van der Waals surface area contributed by atoms with E-state index in [1.807, 2.05) is 19.1 Å². The molecule has 4 rings (SSSR count). The lowest BCUT2D eigenvalue weighted by Gasteiger charge is -2.25. The van der Waals surface area contributed by atoms with Gasteiger partial charge in [-0.15, -0.1) is 0 Å². The maximum atomic E-state index is 14.3. The molecule has 1 amide bonds. The van der Waals surface area contributed by atoms with Crippen LogP contribution in [0.2, 0.25) is 0 Å². The molecule has 178 valence electrons. The summed E-state index contributed by atoms with van der Waals surface area (Å²) in [5.74, 6) is -7.25. The van der Waals surface area contributed by atoms with E-state index in [4.69, 9.17) is 15.7 Å². The smallest absolute Gasteiger partial charge is 0.232 e. The number of nitrogens with two attached hydrogens (primary N) is 1. The summed E-state index contributed by atoms with van der Waals surface area (Å²) in [6.45, 7) is 3.07. The van der Waals surface area contributed by atoms with Crippen LogP contribution in [0.5, 0.6) is 0 Å². The summed E-state index contributed by atoms with van der Waals surface area (Å²) in [6.07, 6.45) is 1.92. The highest BCUT2D eigenvalue weighted by Crippen LogP contribution is 2.35. The van der Waals surface area contributed by atoms with Crippen LogP contribution in [0, 0.1) is 30.2 Å². The SMILES string of the molecule is CCCc1nc2c(nc1N(C)C(=O)Cc1c(C)c(F)c(F)c(F)c1F)CCc1cc(N)ccc1-2. The minimum absolute atomic E-state index is 0.311. The molecule has 9 heteroatoms. The second kappa shape index (κ2) is 9.04. The number of amides is 1. The van der Waals surface area contributed by atoms with Crippen molar-refractivity contribution in [3.05, 3.63) is 69.5 Å². The average Bonchev–Trinajstić information content (AvgIpc) is 2.83. The summed E-state index contributed by atoms with van der Waals surface area (Å²) < 4.78 is 55.6. The Hall–Kier alpha value is -3.49. The zero-order valence-electron chi connectivity index (χ0n) is 19.1. The highest BCUT2D eigenvalue weighted by Gasteiger charge is 2.28. The van der Waals surface area contributed by atoms with E-state index in [-0.39, 0.29) is 0 Å². The van der Waals surface area contributed by atoms with Crippen molar-refractivity contribution in [3.8, 4) is 11.3 Å². The Balaban J connectivity index is 1.72. The highest BCUT2D eigenvalue weighted by atomic mass is 19.2. The summed E-state index contributed by atoms with van der Waals surface area (Å²) >= 11 is 0. The van der Waals surface area contributed by atoms with E-state index < -0.39 is 46.7 Å². The number of likely N-dealkylation sites (N-methyl/N-ethyl adjacent to an activating group) is 1. The van der Waals surface area contributed by atoms with Crippen molar-refractivity contribution in [1.82, 2.24) is 9.97 Å². The molecule has 0 aliphatic heterocycles. The molecule has 2 N–H and O–H groups in total. The molecule has 0 unspecified atom stereocenters. The van der Waals surface area contributed by atoms with Crippen molar-refractivity contribution >= 4 is 17.4 Å². The molecule has 0 fully saturated rings. The number of nitrogen functional groups attached to an aromatic ring is 1. The topological polar surface area (TPSA) is 72.1 Å². The summed E-state index contributed by atoms with van der Waals surface area (Å²) in [5, 5.41) is 0. The Morgan fingerprint density at radius 3 is 2.47 bits per heavy atom. The number of halogens is 4. The van der Waals surface area contributed by atoms with Gasteiger partial charge in [0, 0.05) is 23.9 Å². The number of fused-ring (bicyclic) bond motifs is 3. The van der Waals surface area contributed by atoms with Crippen LogP contribution in [-0.4, -0.2) is 22.9 Å². The maximum absolute atomic E-state index is 14.3. The second-order valence-electron chi connectivity index (χ2n) is 8.44. The Bertz CT molecular complexity index is 1280. The molecule has 2 aromatic carbocycles. The zero-order valence-corrected chi connectivity index (χ0v) is 19.1. The highest BCUT2D eigenvalue weighted by molar-refractivity contribution is 5.94. The standard InChI is InChI=1S/C25H24F4N4O/c1-4-5-18-25(32-17-9-6-13-10-14(30)7-8-15(13)24(17)31-18)33(3)19(34)11-16-12(2)20(26)22(28)23(29)21(16)27/h7-8,10H,4-6,9,11,30H2,1-3H3. The molecular weight excluding hydrogens is 448 g/mol. The first-order chi connectivity index (χ1) is 16.1. The molecule has 34 heavy (non-hydrogen) atoms. The number of carbonyl (C=O) groups excluding carboxylic acids is 1. The number of anilines is 2. The van der Waals surface area contributed by atoms with Gasteiger partial charge in [-0.05, 0) is 49.4 Å². The van der Waals surface area contributed by atoms with E-state index in [0.29, 0.717) is 42.2 Å². The molecule has 0 radical (unpaired) electrons. The average molecular weight is 472 g/mol. The Morgan fingerprint density at radius 2 is 1.76 bits per heavy atom. The predicted molar refractivity (Wildman–Crippen MR) is 121 cm³/mol. The van der Waals surface area contributed by atoms with Gasteiger partial charge in [-0.25, -0.2) is 27.5 Å². The van der Waals surface area contributed by atoms with Crippen LogP contribution in [-0.2, 0) is 30.5 Å². The quantitative estimate of drug-likeness (QED) is 0.250. The molecule has 5 nitrogen and oxygen atoms in total. The number of hydrogen-bond donors (Lipinski definition) is 1. The van der Waals surface area contributed by atoms with Crippen LogP contribution in [0.3, 0.4) is 0 Å². The largest absolute Gasteiger partial charge is 0.399 e. The lowest BCUT2D eigenvalue weighted by molar-refractivity contribution is -0.117. The minimum Gasteiger partial charge on any atom is -0.399 e. The van der Waals surface area contributed by atoms with Crippen LogP contribution in [0.15, 0.2) is 18.2 Å². The van der Waals surface area contributed by atoms with Crippen LogP contribution >= 0.6 is 0 Å². The summed E-state index contributed by atoms with van der Waals surface area (Å²) in [4.78, 5) is 23.8. The number of hydrogen-bond acceptors (Lipinski definition) is 4. The normalized spacial score (nSPS) is 12.3. The van der Waals surface area contributed by atoms with E-state index >= 15 is 0 Å². The molecule has 0 bridgehead atoms. The lowest BCUT2D eigenvalue weighted by Crippen LogP contribution is -2.31. The van der Waals surface area contributed by atoms with E-state index in [0.717, 1.165) is 30.2 Å². The molecular formula is C25H24F4N4O. The molecule has 0 saturated carbocycles. The summed E-state index contributed by atoms with van der Waals surface area (Å²) in [6, 6.07) is 5.63. The van der Waals surface area contributed by atoms with Gasteiger partial charge in [0.1, 0.15) is 0 Å². The third-order valence-corrected chi connectivity index (χ3v) is 6.17. The van der Waals surface area contributed by atoms with E-state index in [1.165, 1.54) is 11.9 Å². The molecule has 1 aliphatic carbocycles. The molecule has 1 aliphatic rings. The molecule has 0 spiro atoms. The van der Waals surface area contributed by atoms with Crippen molar-refractivity contribution in [2.75, 3.05) is 17.7 Å². The lowest BCUT2D eigenvalue weighted by atomic mass is 9.91. The molecule has 1 aromatic heterocycles. The Morgan fingerprint density at radius 1 is 1.06 bits per heavy atom. The molecule has 0 saturated heterocycles. The van der Waals surface area contributed by atoms with E-state index in [1.54, 1.807) is 6.07 Å². The first-order valence-corrected chi connectivity index (χ1v) is 11.0. The maximum Gasteiger partial charge on any atom is 0.232 e. The van der Waals surface area contributed by atoms with Crippen molar-refractivity contribution in [3.63, 3.8) is 0 Å². The van der Waals surface area contributed by atoms with Crippen LogP contribution in [0.4, 0.5) is 29.1 Å². The number of rotatable bonds is 5. The van der Waals surface area contributed by atoms with Gasteiger partial charge in [0.05, 0.1) is 23.5 Å². The van der Waals surface area contributed by atoms with Gasteiger partial charge in [-0.3, -0.25) is 9.69 Å². The number of carbonyl (C=O) groups is 1. The molecule has 1 heterocycles. The summed E-state index contributed by atoms with van der Waals surface area (Å²) in [7, 11) is 1.46. The number of aromatic nitrogens is 2. The zero-order chi connectivity index (χ0) is 24.7. The molecule has 3 aromatic rings. The fourth-order valence-corrected chi connectivity index (χ4v) is 4.25. The van der Waals surface area contributed by atoms with Crippen molar-refractivity contribution in [2.45, 2.75) is 46.0 Å². The van der Waals surface area contributed by atoms with Gasteiger partial charge >= 0.3 is 0 Å². The van der Waals surface area contributed by atoms with Crippen molar-refractivity contribution in [2.24, 2.45) is 0 Å². The van der Waals surface area contributed by atoms with Crippen LogP contribution in [0.1, 0.15) is 41.4 Å². The number of nitrogens with zero attached hydrogens (tertiary/aromatic N) is 3. The second-order valence-corrected chi connectivity index (χ2v) is 8.44. The third-order valence-electron chi connectivity index (χ3n) is 6.17. The van der Waals surface area contributed by atoms with E-state index in [2.05, 4.69) is 0 Å². The van der Waals surface area contributed by atoms with E-state index in [9.17, 15) is 22.4 Å². The van der Waals surface area contributed by atoms with Gasteiger partial charge < -0.3 is 5.73 Å². The minimum atomic E-state index is -1.94. The van der Waals surface area contributed by atoms with Crippen LogP contribution < -0.4 is 10.6 Å². The van der Waals surface area contributed by atoms with Crippen molar-refractivity contribution in [1.29, 1.82) is 0 Å². The Kier molecular flexibility index (Phi) is 6.29. The Labute approximate surface area is 194 Å². The van der Waals surface area contributed by atoms with Gasteiger partial charge in [0.2, 0.25) is 5.91 Å². The van der Waals surface area contributed by atoms with Crippen LogP contribution in [0.25, 0.3) is 11.3 Å². The van der Waals surface area contributed by atoms with Gasteiger partial charge in [0.25, 0.3) is 0 Å². The summed E-state index contributed by atoms with van der Waals surface area (Å²) in [5.41, 5.74) is 9.66. The first-order valence-electron chi connectivity index (χ1n) is 11.0. The molecule has 0 atom stereocenters. The fraction of sp³-hybridized carbons (Fsp3) is 0.320. The fourth-order valence-electron chi connectivity index (χ4n) is 4.25. The van der Waals surface area contributed by atoms with Gasteiger partial charge in [-0.2, -0.15) is 0 Å². The van der Waals surface area contributed by atoms with Gasteiger partial charge in [-0.1, -0.05) is 19.4 Å².